The maximum Gasteiger partial charge on any atom is 0.249 e. The van der Waals surface area contributed by atoms with Gasteiger partial charge in [-0.15, -0.1) is 0 Å². The van der Waals surface area contributed by atoms with Crippen LogP contribution in [-0.2, 0) is 9.53 Å². The van der Waals surface area contributed by atoms with Gasteiger partial charge in [0.25, 0.3) is 0 Å². The van der Waals surface area contributed by atoms with Crippen molar-refractivity contribution >= 4 is 17.4 Å². The number of carbonyl (C=O) groups is 1. The van der Waals surface area contributed by atoms with Gasteiger partial charge in [0.15, 0.2) is 5.82 Å². The fourth-order valence-electron chi connectivity index (χ4n) is 3.77. The molecule has 0 saturated carbocycles. The van der Waals surface area contributed by atoms with Crippen molar-refractivity contribution in [1.82, 2.24) is 19.9 Å². The maximum atomic E-state index is 13.7. The van der Waals surface area contributed by atoms with Crippen LogP contribution in [0.3, 0.4) is 0 Å². The molecule has 1 aromatic carbocycles. The molecule has 1 aliphatic heterocycles. The monoisotopic (exact) mass is 421 g/mol. The molecule has 7 nitrogen and oxygen atoms in total. The molecule has 0 aliphatic carbocycles. The van der Waals surface area contributed by atoms with Gasteiger partial charge in [0.1, 0.15) is 18.2 Å². The Labute approximate surface area is 180 Å². The molecule has 160 valence electrons. The van der Waals surface area contributed by atoms with E-state index >= 15 is 0 Å². The van der Waals surface area contributed by atoms with E-state index in [0.29, 0.717) is 29.6 Å². The second-order valence-corrected chi connectivity index (χ2v) is 7.40. The summed E-state index contributed by atoms with van der Waals surface area (Å²) >= 11 is 0. The number of ether oxygens (including phenoxy) is 1. The molecule has 31 heavy (non-hydrogen) atoms. The summed E-state index contributed by atoms with van der Waals surface area (Å²) in [6.07, 6.45) is 6.09. The Morgan fingerprint density at radius 3 is 2.81 bits per heavy atom. The van der Waals surface area contributed by atoms with Gasteiger partial charge in [0.2, 0.25) is 5.91 Å². The van der Waals surface area contributed by atoms with Crippen LogP contribution in [0.2, 0.25) is 0 Å². The van der Waals surface area contributed by atoms with E-state index in [4.69, 9.17) is 14.7 Å². The number of likely N-dealkylation sites (tertiary alicyclic amines) is 1. The number of hydrogen-bond donors (Lipinski definition) is 1. The van der Waals surface area contributed by atoms with Gasteiger partial charge in [-0.2, -0.15) is 0 Å². The largest absolute Gasteiger partial charge is 0.375 e. The van der Waals surface area contributed by atoms with Crippen molar-refractivity contribution in [2.75, 3.05) is 25.6 Å². The minimum Gasteiger partial charge on any atom is -0.375 e. The molecule has 1 fully saturated rings. The summed E-state index contributed by atoms with van der Waals surface area (Å²) in [5.74, 6) is 0.673. The van der Waals surface area contributed by atoms with Gasteiger partial charge in [0, 0.05) is 43.4 Å². The lowest BCUT2D eigenvalue weighted by Gasteiger charge is -2.35. The lowest BCUT2D eigenvalue weighted by Crippen LogP contribution is -2.41. The zero-order valence-electron chi connectivity index (χ0n) is 17.3. The van der Waals surface area contributed by atoms with Crippen molar-refractivity contribution in [3.63, 3.8) is 0 Å². The molecule has 1 amide bonds. The van der Waals surface area contributed by atoms with Crippen LogP contribution < -0.4 is 5.32 Å². The predicted octanol–water partition coefficient (Wildman–Crippen LogP) is 4.12. The van der Waals surface area contributed by atoms with Crippen LogP contribution in [0.1, 0.15) is 31.1 Å². The van der Waals surface area contributed by atoms with Gasteiger partial charge in [-0.05, 0) is 49.6 Å². The molecule has 3 aromatic rings. The Hall–Kier alpha value is -3.39. The Kier molecular flexibility index (Phi) is 6.47. The van der Waals surface area contributed by atoms with E-state index in [2.05, 4.69) is 10.3 Å². The molecule has 2 aromatic heterocycles. The molecule has 4 rings (SSSR count). The fraction of sp³-hybridized carbons (Fsp3) is 0.304. The standard InChI is InChI=1S/C23H24FN5O2/c1-31-15-22(30)29-12-3-2-7-20(29)23-27-19(16-8-10-25-11-9-16)14-21(28-23)26-18-6-4-5-17(24)13-18/h4-6,8-11,13-14,20H,2-3,7,12,15H2,1H3,(H,26,27,28)/t20-/m0/s1. The summed E-state index contributed by atoms with van der Waals surface area (Å²) in [4.78, 5) is 28.0. The van der Waals surface area contributed by atoms with Crippen LogP contribution in [0.4, 0.5) is 15.9 Å². The fourth-order valence-corrected chi connectivity index (χ4v) is 3.77. The number of nitrogens with zero attached hydrogens (tertiary/aromatic N) is 4. The number of aromatic nitrogens is 3. The van der Waals surface area contributed by atoms with Crippen molar-refractivity contribution in [2.45, 2.75) is 25.3 Å². The highest BCUT2D eigenvalue weighted by Gasteiger charge is 2.30. The summed E-state index contributed by atoms with van der Waals surface area (Å²) in [5.41, 5.74) is 2.17. The number of methoxy groups -OCH3 is 1. The number of anilines is 2. The summed E-state index contributed by atoms with van der Waals surface area (Å²) in [7, 11) is 1.51. The van der Waals surface area contributed by atoms with Crippen LogP contribution in [-0.4, -0.2) is 46.0 Å². The third-order valence-electron chi connectivity index (χ3n) is 5.21. The van der Waals surface area contributed by atoms with E-state index in [9.17, 15) is 9.18 Å². The molecule has 3 heterocycles. The van der Waals surface area contributed by atoms with Crippen molar-refractivity contribution in [3.05, 3.63) is 66.5 Å². The molecular formula is C23H24FN5O2. The smallest absolute Gasteiger partial charge is 0.249 e. The molecule has 1 saturated heterocycles. The summed E-state index contributed by atoms with van der Waals surface area (Å²) in [5, 5.41) is 3.17. The number of amides is 1. The number of rotatable bonds is 6. The molecule has 1 aliphatic rings. The normalized spacial score (nSPS) is 16.2. The van der Waals surface area contributed by atoms with Crippen molar-refractivity contribution in [2.24, 2.45) is 0 Å². The van der Waals surface area contributed by atoms with E-state index in [-0.39, 0.29) is 24.4 Å². The predicted molar refractivity (Wildman–Crippen MR) is 115 cm³/mol. The van der Waals surface area contributed by atoms with E-state index < -0.39 is 0 Å². The summed E-state index contributed by atoms with van der Waals surface area (Å²) < 4.78 is 18.7. The third kappa shape index (κ3) is 5.03. The SMILES string of the molecule is COCC(=O)N1CCCC[C@H]1c1nc(Nc2cccc(F)c2)cc(-c2ccncc2)n1. The molecule has 1 N–H and O–H groups in total. The molecule has 0 bridgehead atoms. The number of carbonyl (C=O) groups excluding carboxylic acids is 1. The van der Waals surface area contributed by atoms with Crippen molar-refractivity contribution in [3.8, 4) is 11.3 Å². The first-order chi connectivity index (χ1) is 15.1. The third-order valence-corrected chi connectivity index (χ3v) is 5.21. The first kappa shape index (κ1) is 20.9. The molecule has 0 radical (unpaired) electrons. The molecule has 8 heteroatoms. The highest BCUT2D eigenvalue weighted by atomic mass is 19.1. The van der Waals surface area contributed by atoms with Crippen LogP contribution in [0, 0.1) is 5.82 Å². The van der Waals surface area contributed by atoms with E-state index in [1.165, 1.54) is 19.2 Å². The zero-order valence-corrected chi connectivity index (χ0v) is 17.3. The van der Waals surface area contributed by atoms with Crippen molar-refractivity contribution in [1.29, 1.82) is 0 Å². The molecule has 0 unspecified atom stereocenters. The van der Waals surface area contributed by atoms with Gasteiger partial charge < -0.3 is 15.0 Å². The lowest BCUT2D eigenvalue weighted by atomic mass is 10.0. The second kappa shape index (κ2) is 9.61. The minimum absolute atomic E-state index is 0.0228. The Morgan fingerprint density at radius 1 is 1.19 bits per heavy atom. The summed E-state index contributed by atoms with van der Waals surface area (Å²) in [6, 6.07) is 11.5. The van der Waals surface area contributed by atoms with Crippen LogP contribution in [0.5, 0.6) is 0 Å². The van der Waals surface area contributed by atoms with Crippen LogP contribution in [0.25, 0.3) is 11.3 Å². The highest BCUT2D eigenvalue weighted by molar-refractivity contribution is 5.78. The van der Waals surface area contributed by atoms with Gasteiger partial charge >= 0.3 is 0 Å². The average Bonchev–Trinajstić information content (AvgIpc) is 2.80. The van der Waals surface area contributed by atoms with Gasteiger partial charge in [-0.25, -0.2) is 14.4 Å². The van der Waals surface area contributed by atoms with Gasteiger partial charge in [0.05, 0.1) is 11.7 Å². The van der Waals surface area contributed by atoms with Crippen molar-refractivity contribution < 1.29 is 13.9 Å². The Morgan fingerprint density at radius 2 is 2.03 bits per heavy atom. The highest BCUT2D eigenvalue weighted by Crippen LogP contribution is 2.32. The number of benzene rings is 1. The Balaban J connectivity index is 1.74. The van der Waals surface area contributed by atoms with Crippen LogP contribution in [0.15, 0.2) is 54.9 Å². The van der Waals surface area contributed by atoms with E-state index in [1.54, 1.807) is 29.4 Å². The molecular weight excluding hydrogens is 397 g/mol. The number of nitrogens with one attached hydrogen (secondary N) is 1. The summed E-state index contributed by atoms with van der Waals surface area (Å²) in [6.45, 7) is 0.664. The van der Waals surface area contributed by atoms with Gasteiger partial charge in [-0.3, -0.25) is 9.78 Å². The quantitative estimate of drug-likeness (QED) is 0.645. The lowest BCUT2D eigenvalue weighted by molar-refractivity contribution is -0.139. The van der Waals surface area contributed by atoms with Gasteiger partial charge in [-0.1, -0.05) is 6.07 Å². The van der Waals surface area contributed by atoms with Crippen LogP contribution >= 0.6 is 0 Å². The number of hydrogen-bond acceptors (Lipinski definition) is 6. The number of halogens is 1. The topological polar surface area (TPSA) is 80.2 Å². The average molecular weight is 421 g/mol. The molecule has 1 atom stereocenters. The first-order valence-electron chi connectivity index (χ1n) is 10.2. The zero-order chi connectivity index (χ0) is 21.6. The number of pyridine rings is 1. The number of piperidine rings is 1. The maximum absolute atomic E-state index is 13.7. The van der Waals surface area contributed by atoms with E-state index in [0.717, 1.165) is 24.8 Å². The second-order valence-electron chi connectivity index (χ2n) is 7.40. The first-order valence-corrected chi connectivity index (χ1v) is 10.2. The minimum atomic E-state index is -0.336. The Bertz CT molecular complexity index is 1050. The van der Waals surface area contributed by atoms with E-state index in [1.807, 2.05) is 18.2 Å². The molecule has 0 spiro atoms.